The van der Waals surface area contributed by atoms with E-state index in [-0.39, 0.29) is 23.0 Å². The summed E-state index contributed by atoms with van der Waals surface area (Å²) in [6, 6.07) is 21.2. The van der Waals surface area contributed by atoms with Gasteiger partial charge in [0.2, 0.25) is 0 Å². The number of imidazole rings is 1. The summed E-state index contributed by atoms with van der Waals surface area (Å²) in [4.78, 5) is 19.3. The standard InChI is InChI=1S/C24H21N3O3/c1-26-14-13-25-23(26)18-7-9-19(10-8-18)27(16-17-5-3-2-4-6-17)24(30)21-12-11-20(28)15-22(21)29/h2-15,28-29H,16H2,1H3. The zero-order valence-corrected chi connectivity index (χ0v) is 16.4. The fourth-order valence-corrected chi connectivity index (χ4v) is 3.33. The largest absolute Gasteiger partial charge is 0.508 e. The number of aryl methyl sites for hydroxylation is 1. The quantitative estimate of drug-likeness (QED) is 0.523. The molecule has 30 heavy (non-hydrogen) atoms. The molecular weight excluding hydrogens is 378 g/mol. The van der Waals surface area contributed by atoms with Gasteiger partial charge in [0.25, 0.3) is 5.91 Å². The lowest BCUT2D eigenvalue weighted by Gasteiger charge is -2.24. The molecule has 1 heterocycles. The molecule has 0 aliphatic heterocycles. The third-order valence-corrected chi connectivity index (χ3v) is 4.90. The van der Waals surface area contributed by atoms with Gasteiger partial charge < -0.3 is 19.7 Å². The Hall–Kier alpha value is -4.06. The molecule has 0 spiro atoms. The Labute approximate surface area is 174 Å². The van der Waals surface area contributed by atoms with Crippen LogP contribution in [0.15, 0.2) is 85.2 Å². The summed E-state index contributed by atoms with van der Waals surface area (Å²) in [5.41, 5.74) is 2.70. The second-order valence-electron chi connectivity index (χ2n) is 6.99. The van der Waals surface area contributed by atoms with Crippen molar-refractivity contribution in [3.05, 3.63) is 96.3 Å². The van der Waals surface area contributed by atoms with E-state index in [1.807, 2.05) is 72.4 Å². The lowest BCUT2D eigenvalue weighted by atomic mass is 10.1. The lowest BCUT2D eigenvalue weighted by Crippen LogP contribution is -2.30. The van der Waals surface area contributed by atoms with E-state index in [2.05, 4.69) is 4.98 Å². The zero-order chi connectivity index (χ0) is 21.1. The van der Waals surface area contributed by atoms with Crippen LogP contribution in [0.2, 0.25) is 0 Å². The lowest BCUT2D eigenvalue weighted by molar-refractivity contribution is 0.0982. The highest BCUT2D eigenvalue weighted by atomic mass is 16.3. The number of carbonyl (C=O) groups is 1. The van der Waals surface area contributed by atoms with Crippen molar-refractivity contribution in [2.24, 2.45) is 7.05 Å². The summed E-state index contributed by atoms with van der Waals surface area (Å²) in [5.74, 6) is 0.112. The Morgan fingerprint density at radius 3 is 2.37 bits per heavy atom. The Bertz CT molecular complexity index is 1170. The number of phenolic OH excluding ortho intramolecular Hbond substituents is 2. The highest BCUT2D eigenvalue weighted by Gasteiger charge is 2.21. The van der Waals surface area contributed by atoms with Gasteiger partial charge in [-0.2, -0.15) is 0 Å². The molecule has 0 atom stereocenters. The molecule has 150 valence electrons. The third kappa shape index (κ3) is 3.89. The highest BCUT2D eigenvalue weighted by molar-refractivity contribution is 6.08. The van der Waals surface area contributed by atoms with Gasteiger partial charge in [0.15, 0.2) is 0 Å². The second kappa shape index (κ2) is 8.13. The van der Waals surface area contributed by atoms with Gasteiger partial charge in [-0.3, -0.25) is 4.79 Å². The van der Waals surface area contributed by atoms with Crippen LogP contribution < -0.4 is 4.90 Å². The van der Waals surface area contributed by atoms with Crippen LogP contribution >= 0.6 is 0 Å². The molecule has 0 unspecified atom stereocenters. The molecule has 0 radical (unpaired) electrons. The van der Waals surface area contributed by atoms with Gasteiger partial charge in [-0.05, 0) is 42.0 Å². The molecule has 3 aromatic carbocycles. The maximum Gasteiger partial charge on any atom is 0.262 e. The second-order valence-corrected chi connectivity index (χ2v) is 6.99. The van der Waals surface area contributed by atoms with Crippen molar-refractivity contribution in [3.8, 4) is 22.9 Å². The number of anilines is 1. The summed E-state index contributed by atoms with van der Waals surface area (Å²) in [6.45, 7) is 0.335. The van der Waals surface area contributed by atoms with Crippen molar-refractivity contribution in [2.75, 3.05) is 4.90 Å². The van der Waals surface area contributed by atoms with E-state index >= 15 is 0 Å². The molecular formula is C24H21N3O3. The first-order valence-corrected chi connectivity index (χ1v) is 9.48. The maximum atomic E-state index is 13.3. The van der Waals surface area contributed by atoms with Gasteiger partial charge in [0.05, 0.1) is 12.1 Å². The fraction of sp³-hybridized carbons (Fsp3) is 0.0833. The van der Waals surface area contributed by atoms with Crippen LogP contribution in [0, 0.1) is 0 Å². The number of hydrogen-bond donors (Lipinski definition) is 2. The molecule has 4 rings (SSSR count). The third-order valence-electron chi connectivity index (χ3n) is 4.90. The minimum Gasteiger partial charge on any atom is -0.508 e. The number of benzene rings is 3. The monoisotopic (exact) mass is 399 g/mol. The zero-order valence-electron chi connectivity index (χ0n) is 16.4. The maximum absolute atomic E-state index is 13.3. The van der Waals surface area contributed by atoms with Gasteiger partial charge in [0.1, 0.15) is 17.3 Å². The highest BCUT2D eigenvalue weighted by Crippen LogP contribution is 2.28. The summed E-state index contributed by atoms with van der Waals surface area (Å²) in [7, 11) is 1.93. The van der Waals surface area contributed by atoms with Gasteiger partial charge in [-0.25, -0.2) is 4.98 Å². The Balaban J connectivity index is 1.71. The van der Waals surface area contributed by atoms with E-state index in [9.17, 15) is 15.0 Å². The molecule has 0 fully saturated rings. The number of aromatic nitrogens is 2. The number of aromatic hydroxyl groups is 2. The molecule has 0 saturated heterocycles. The number of hydrogen-bond acceptors (Lipinski definition) is 4. The molecule has 4 aromatic rings. The summed E-state index contributed by atoms with van der Waals surface area (Å²) < 4.78 is 1.93. The summed E-state index contributed by atoms with van der Waals surface area (Å²) in [5, 5.41) is 19.8. The van der Waals surface area contributed by atoms with E-state index in [1.165, 1.54) is 12.1 Å². The number of phenols is 2. The van der Waals surface area contributed by atoms with Gasteiger partial charge in [-0.15, -0.1) is 0 Å². The predicted octanol–water partition coefficient (Wildman–Crippen LogP) is 4.35. The van der Waals surface area contributed by atoms with Crippen LogP contribution in [0.1, 0.15) is 15.9 Å². The smallest absolute Gasteiger partial charge is 0.262 e. The topological polar surface area (TPSA) is 78.6 Å². The van der Waals surface area contributed by atoms with Crippen LogP contribution in [-0.4, -0.2) is 25.7 Å². The average Bonchev–Trinajstić information content (AvgIpc) is 3.18. The fourth-order valence-electron chi connectivity index (χ4n) is 3.33. The Kier molecular flexibility index (Phi) is 5.22. The Morgan fingerprint density at radius 1 is 1.00 bits per heavy atom. The van der Waals surface area contributed by atoms with Gasteiger partial charge in [-0.1, -0.05) is 30.3 Å². The van der Waals surface area contributed by atoms with E-state index in [0.717, 1.165) is 23.0 Å². The Morgan fingerprint density at radius 2 is 1.73 bits per heavy atom. The first-order chi connectivity index (χ1) is 14.5. The minimum absolute atomic E-state index is 0.0990. The molecule has 1 aromatic heterocycles. The number of carbonyl (C=O) groups excluding carboxylic acids is 1. The summed E-state index contributed by atoms with van der Waals surface area (Å²) in [6.07, 6.45) is 3.62. The molecule has 0 aliphatic carbocycles. The number of rotatable bonds is 5. The van der Waals surface area contributed by atoms with E-state index in [1.54, 1.807) is 11.1 Å². The van der Waals surface area contributed by atoms with Crippen LogP contribution in [0.5, 0.6) is 11.5 Å². The van der Waals surface area contributed by atoms with Gasteiger partial charge in [0, 0.05) is 36.8 Å². The SMILES string of the molecule is Cn1ccnc1-c1ccc(N(Cc2ccccc2)C(=O)c2ccc(O)cc2O)cc1. The van der Waals surface area contributed by atoms with Crippen molar-refractivity contribution >= 4 is 11.6 Å². The average molecular weight is 399 g/mol. The molecule has 0 saturated carbocycles. The van der Waals surface area contributed by atoms with E-state index in [0.29, 0.717) is 12.2 Å². The van der Waals surface area contributed by atoms with Crippen molar-refractivity contribution in [1.29, 1.82) is 0 Å². The van der Waals surface area contributed by atoms with Crippen LogP contribution in [0.25, 0.3) is 11.4 Å². The van der Waals surface area contributed by atoms with Crippen LogP contribution in [0.3, 0.4) is 0 Å². The molecule has 6 nitrogen and oxygen atoms in total. The first-order valence-electron chi connectivity index (χ1n) is 9.48. The molecule has 1 amide bonds. The van der Waals surface area contributed by atoms with Crippen LogP contribution in [0.4, 0.5) is 5.69 Å². The first kappa shape index (κ1) is 19.3. The van der Waals surface area contributed by atoms with Crippen molar-refractivity contribution < 1.29 is 15.0 Å². The molecule has 6 heteroatoms. The van der Waals surface area contributed by atoms with E-state index < -0.39 is 0 Å². The molecule has 0 aliphatic rings. The molecule has 0 bridgehead atoms. The van der Waals surface area contributed by atoms with Crippen molar-refractivity contribution in [3.63, 3.8) is 0 Å². The van der Waals surface area contributed by atoms with E-state index in [4.69, 9.17) is 0 Å². The number of amides is 1. The predicted molar refractivity (Wildman–Crippen MR) is 115 cm³/mol. The molecule has 2 N–H and O–H groups in total. The van der Waals surface area contributed by atoms with Gasteiger partial charge >= 0.3 is 0 Å². The normalized spacial score (nSPS) is 10.7. The minimum atomic E-state index is -0.360. The number of nitrogens with zero attached hydrogens (tertiary/aromatic N) is 3. The van der Waals surface area contributed by atoms with Crippen molar-refractivity contribution in [2.45, 2.75) is 6.54 Å². The van der Waals surface area contributed by atoms with Crippen LogP contribution in [-0.2, 0) is 13.6 Å². The summed E-state index contributed by atoms with van der Waals surface area (Å²) >= 11 is 0. The van der Waals surface area contributed by atoms with Crippen molar-refractivity contribution in [1.82, 2.24) is 9.55 Å².